The lowest BCUT2D eigenvalue weighted by Gasteiger charge is -2.23. The largest absolute Gasteiger partial charge is 0.376 e. The monoisotopic (exact) mass is 478 g/mol. The first-order valence-electron chi connectivity index (χ1n) is 10.0. The molecule has 1 unspecified atom stereocenters. The van der Waals surface area contributed by atoms with Crippen molar-refractivity contribution in [2.24, 2.45) is 0 Å². The molecule has 9 heteroatoms. The van der Waals surface area contributed by atoms with Gasteiger partial charge in [-0.05, 0) is 37.0 Å². The molecule has 0 aliphatic carbocycles. The zero-order valence-corrected chi connectivity index (χ0v) is 19.5. The predicted molar refractivity (Wildman–Crippen MR) is 125 cm³/mol. The number of amides is 1. The molecular weight excluding hydrogens is 456 g/mol. The summed E-state index contributed by atoms with van der Waals surface area (Å²) >= 11 is 7.64. The van der Waals surface area contributed by atoms with Crippen LogP contribution >= 0.6 is 22.9 Å². The van der Waals surface area contributed by atoms with Crippen molar-refractivity contribution in [3.8, 4) is 0 Å². The second-order valence-electron chi connectivity index (χ2n) is 7.70. The first-order valence-corrected chi connectivity index (χ1v) is 13.1. The highest BCUT2D eigenvalue weighted by Gasteiger charge is 2.29. The lowest BCUT2D eigenvalue weighted by atomic mass is 10.2. The van der Waals surface area contributed by atoms with E-state index in [9.17, 15) is 13.2 Å². The molecule has 6 nitrogen and oxygen atoms in total. The van der Waals surface area contributed by atoms with Gasteiger partial charge in [-0.1, -0.05) is 59.3 Å². The van der Waals surface area contributed by atoms with E-state index in [1.54, 1.807) is 30.3 Å². The molecule has 0 radical (unpaired) electrons. The average Bonchev–Trinajstić information content (AvgIpc) is 3.39. The van der Waals surface area contributed by atoms with E-state index in [0.29, 0.717) is 22.3 Å². The van der Waals surface area contributed by atoms with Gasteiger partial charge in [0.25, 0.3) is 0 Å². The summed E-state index contributed by atoms with van der Waals surface area (Å²) in [5, 5.41) is 1.01. The van der Waals surface area contributed by atoms with Crippen LogP contribution in [0.2, 0.25) is 5.02 Å². The van der Waals surface area contributed by atoms with Gasteiger partial charge in [-0.15, -0.1) is 0 Å². The maximum atomic E-state index is 13.2. The Morgan fingerprint density at radius 2 is 2.03 bits per heavy atom. The van der Waals surface area contributed by atoms with Crippen LogP contribution in [0.5, 0.6) is 0 Å². The Kier molecular flexibility index (Phi) is 6.62. The smallest absolute Gasteiger partial charge is 0.244 e. The van der Waals surface area contributed by atoms with Gasteiger partial charge in [0.15, 0.2) is 15.0 Å². The summed E-state index contributed by atoms with van der Waals surface area (Å²) in [7, 11) is -3.65. The number of sulfone groups is 1. The number of hydrogen-bond donors (Lipinski definition) is 0. The minimum absolute atomic E-state index is 0.135. The molecule has 164 valence electrons. The Morgan fingerprint density at radius 1 is 1.26 bits per heavy atom. The minimum Gasteiger partial charge on any atom is -0.376 e. The van der Waals surface area contributed by atoms with Gasteiger partial charge < -0.3 is 4.74 Å². The van der Waals surface area contributed by atoms with E-state index in [0.717, 1.165) is 28.6 Å². The fraction of sp³-hybridized carbons (Fsp3) is 0.364. The highest BCUT2D eigenvalue weighted by atomic mass is 35.5. The number of carbonyl (C=O) groups excluding carboxylic acids is 1. The summed E-state index contributed by atoms with van der Waals surface area (Å²) in [6, 6.07) is 12.6. The highest BCUT2D eigenvalue weighted by Crippen LogP contribution is 2.36. The van der Waals surface area contributed by atoms with Crippen LogP contribution in [0.4, 0.5) is 5.13 Å². The van der Waals surface area contributed by atoms with Gasteiger partial charge in [0.2, 0.25) is 5.91 Å². The summed E-state index contributed by atoms with van der Waals surface area (Å²) in [5.41, 5.74) is 2.33. The molecule has 2 aromatic carbocycles. The molecule has 4 rings (SSSR count). The Morgan fingerprint density at radius 3 is 2.71 bits per heavy atom. The van der Waals surface area contributed by atoms with Crippen LogP contribution in [0.1, 0.15) is 24.0 Å². The van der Waals surface area contributed by atoms with Gasteiger partial charge in [0.1, 0.15) is 5.75 Å². The molecule has 0 N–H and O–H groups in total. The zero-order valence-electron chi connectivity index (χ0n) is 17.1. The summed E-state index contributed by atoms with van der Waals surface area (Å²) in [5.74, 6) is -1.27. The van der Waals surface area contributed by atoms with E-state index >= 15 is 0 Å². The molecular formula is C22H23ClN2O4S2. The standard InChI is InChI=1S/C22H23ClN2O4S2/c1-15-9-10-18(23)21-20(15)24-22(30-21)25(12-17-8-5-11-29-17)19(26)14-31(27,28)13-16-6-3-2-4-7-16/h2-4,6-7,9-10,17H,5,8,11-14H2,1H3. The van der Waals surface area contributed by atoms with Crippen LogP contribution in [0, 0.1) is 6.92 Å². The van der Waals surface area contributed by atoms with Gasteiger partial charge in [0, 0.05) is 6.61 Å². The number of benzene rings is 2. The highest BCUT2D eigenvalue weighted by molar-refractivity contribution is 7.91. The zero-order chi connectivity index (χ0) is 22.0. The average molecular weight is 479 g/mol. The number of aryl methyl sites for hydroxylation is 1. The third kappa shape index (κ3) is 5.26. The normalized spacial score (nSPS) is 16.6. The molecule has 1 atom stereocenters. The van der Waals surface area contributed by atoms with Crippen LogP contribution in [0.15, 0.2) is 42.5 Å². The van der Waals surface area contributed by atoms with Crippen LogP contribution in [0.3, 0.4) is 0 Å². The van der Waals surface area contributed by atoms with Crippen molar-refractivity contribution in [1.82, 2.24) is 4.98 Å². The van der Waals surface area contributed by atoms with Crippen molar-refractivity contribution in [3.63, 3.8) is 0 Å². The summed E-state index contributed by atoms with van der Waals surface area (Å²) in [4.78, 5) is 19.3. The van der Waals surface area contributed by atoms with E-state index in [-0.39, 0.29) is 18.4 Å². The molecule has 1 amide bonds. The maximum Gasteiger partial charge on any atom is 0.244 e. The van der Waals surface area contributed by atoms with Crippen LogP contribution in [-0.2, 0) is 25.1 Å². The molecule has 1 fully saturated rings. The van der Waals surface area contributed by atoms with Crippen molar-refractivity contribution < 1.29 is 17.9 Å². The number of halogens is 1. The lowest BCUT2D eigenvalue weighted by molar-refractivity contribution is -0.116. The fourth-order valence-corrected chi connectivity index (χ4v) is 6.31. The van der Waals surface area contributed by atoms with Crippen molar-refractivity contribution in [2.75, 3.05) is 23.8 Å². The topological polar surface area (TPSA) is 76.6 Å². The van der Waals surface area contributed by atoms with Gasteiger partial charge in [0.05, 0.1) is 33.6 Å². The van der Waals surface area contributed by atoms with Crippen molar-refractivity contribution in [2.45, 2.75) is 31.6 Å². The number of ether oxygens (including phenoxy) is 1. The number of rotatable bonds is 7. The molecule has 1 aliphatic rings. The predicted octanol–water partition coefficient (Wildman–Crippen LogP) is 4.39. The van der Waals surface area contributed by atoms with Crippen LogP contribution in [-0.4, -0.2) is 44.3 Å². The number of anilines is 1. The Bertz CT molecular complexity index is 1150. The molecule has 1 aliphatic heterocycles. The van der Waals surface area contributed by atoms with Gasteiger partial charge >= 0.3 is 0 Å². The third-order valence-electron chi connectivity index (χ3n) is 5.20. The third-order valence-corrected chi connectivity index (χ3v) is 8.20. The molecule has 0 saturated carbocycles. The van der Waals surface area contributed by atoms with Gasteiger partial charge in [-0.2, -0.15) is 0 Å². The molecule has 0 bridgehead atoms. The van der Waals surface area contributed by atoms with Crippen molar-refractivity contribution in [1.29, 1.82) is 0 Å². The fourth-order valence-electron chi connectivity index (χ4n) is 3.63. The Balaban J connectivity index is 1.62. The quantitative estimate of drug-likeness (QED) is 0.503. The van der Waals surface area contributed by atoms with Crippen molar-refractivity contribution in [3.05, 3.63) is 58.6 Å². The number of hydrogen-bond acceptors (Lipinski definition) is 6. The molecule has 1 aromatic heterocycles. The number of carbonyl (C=O) groups is 1. The molecule has 31 heavy (non-hydrogen) atoms. The molecule has 2 heterocycles. The van der Waals surface area contributed by atoms with Crippen molar-refractivity contribution >= 4 is 54.0 Å². The van der Waals surface area contributed by atoms with Gasteiger partial charge in [-0.25, -0.2) is 13.4 Å². The minimum atomic E-state index is -3.65. The van der Waals surface area contributed by atoms with E-state index < -0.39 is 21.5 Å². The maximum absolute atomic E-state index is 13.2. The second kappa shape index (κ2) is 9.24. The number of nitrogens with zero attached hydrogens (tertiary/aromatic N) is 2. The van der Waals surface area contributed by atoms with E-state index in [1.807, 2.05) is 19.1 Å². The van der Waals surface area contributed by atoms with Crippen LogP contribution < -0.4 is 4.90 Å². The number of thiazole rings is 1. The first-order chi connectivity index (χ1) is 14.8. The summed E-state index contributed by atoms with van der Waals surface area (Å²) in [6.07, 6.45) is 1.61. The summed E-state index contributed by atoms with van der Waals surface area (Å²) < 4.78 is 32.0. The van der Waals surface area contributed by atoms with Gasteiger partial charge in [-0.3, -0.25) is 9.69 Å². The van der Waals surface area contributed by atoms with E-state index in [2.05, 4.69) is 4.98 Å². The summed E-state index contributed by atoms with van der Waals surface area (Å²) in [6.45, 7) is 2.85. The molecule has 1 saturated heterocycles. The number of aromatic nitrogens is 1. The Labute approximate surface area is 190 Å². The van der Waals surface area contributed by atoms with Crippen LogP contribution in [0.25, 0.3) is 10.2 Å². The molecule has 0 spiro atoms. The molecule has 3 aromatic rings. The SMILES string of the molecule is Cc1ccc(Cl)c2sc(N(CC3CCCO3)C(=O)CS(=O)(=O)Cc3ccccc3)nc12. The second-order valence-corrected chi connectivity index (χ2v) is 11.1. The van der Waals surface area contributed by atoms with E-state index in [1.165, 1.54) is 16.2 Å². The lowest BCUT2D eigenvalue weighted by Crippen LogP contribution is -2.41. The number of fused-ring (bicyclic) bond motifs is 1. The van der Waals surface area contributed by atoms with E-state index in [4.69, 9.17) is 16.3 Å². The Hall–Kier alpha value is -2.00. The first kappa shape index (κ1) is 22.2.